The van der Waals surface area contributed by atoms with Crippen molar-refractivity contribution in [3.63, 3.8) is 0 Å². The van der Waals surface area contributed by atoms with Crippen molar-refractivity contribution >= 4 is 17.4 Å². The molecular formula is C20H22N2O2. The zero-order valence-corrected chi connectivity index (χ0v) is 14.2. The van der Waals surface area contributed by atoms with E-state index in [2.05, 4.69) is 36.1 Å². The van der Waals surface area contributed by atoms with Crippen molar-refractivity contribution in [3.8, 4) is 0 Å². The molecule has 3 bridgehead atoms. The predicted octanol–water partition coefficient (Wildman–Crippen LogP) is 2.85. The van der Waals surface area contributed by atoms with E-state index in [-0.39, 0.29) is 23.2 Å². The summed E-state index contributed by atoms with van der Waals surface area (Å²) in [5.74, 6) is 0.0569. The molecule has 4 heteroatoms. The van der Waals surface area contributed by atoms with Gasteiger partial charge in [-0.2, -0.15) is 0 Å². The number of piperidine rings is 2. The van der Waals surface area contributed by atoms with Crippen molar-refractivity contribution in [2.24, 2.45) is 16.8 Å². The van der Waals surface area contributed by atoms with Crippen LogP contribution in [-0.4, -0.2) is 42.8 Å². The van der Waals surface area contributed by atoms with Crippen LogP contribution in [0.2, 0.25) is 0 Å². The standard InChI is InChI=1S/C20H22N2O2/c1-3-12-11-22-9-8-20-14-6-4-5-7-15(14)21-18(20)16(22)10-13(12)17(20)19(23)24-2/h3-7,13,16-17H,8-11H2,1-2H3/b12-3-/t13-,16+,17-,20?/m1/s1. The van der Waals surface area contributed by atoms with E-state index in [0.29, 0.717) is 6.04 Å². The quantitative estimate of drug-likeness (QED) is 0.590. The fraction of sp³-hybridized carbons (Fsp3) is 0.500. The number of allylic oxidation sites excluding steroid dienone is 1. The maximum absolute atomic E-state index is 12.9. The molecule has 0 amide bonds. The molecule has 1 aromatic rings. The first-order chi connectivity index (χ1) is 11.7. The molecular weight excluding hydrogens is 300 g/mol. The molecule has 3 heterocycles. The van der Waals surface area contributed by atoms with Gasteiger partial charge in [-0.05, 0) is 37.3 Å². The summed E-state index contributed by atoms with van der Waals surface area (Å²) >= 11 is 0. The van der Waals surface area contributed by atoms with Crippen LogP contribution in [0, 0.1) is 11.8 Å². The second-order valence-electron chi connectivity index (χ2n) is 7.43. The number of aliphatic imine (C=N–C) groups is 1. The Balaban J connectivity index is 1.79. The summed E-state index contributed by atoms with van der Waals surface area (Å²) in [7, 11) is 1.52. The van der Waals surface area contributed by atoms with Gasteiger partial charge in [0.25, 0.3) is 0 Å². The topological polar surface area (TPSA) is 41.9 Å². The second-order valence-corrected chi connectivity index (χ2v) is 7.43. The van der Waals surface area contributed by atoms with Crippen LogP contribution in [0.1, 0.15) is 25.3 Å². The van der Waals surface area contributed by atoms with Gasteiger partial charge in [0, 0.05) is 24.8 Å². The van der Waals surface area contributed by atoms with Gasteiger partial charge in [-0.25, -0.2) is 0 Å². The number of nitrogens with zero attached hydrogens (tertiary/aromatic N) is 2. The molecule has 0 aromatic heterocycles. The number of hydrogen-bond acceptors (Lipinski definition) is 4. The highest BCUT2D eigenvalue weighted by molar-refractivity contribution is 6.09. The fourth-order valence-electron chi connectivity index (χ4n) is 5.77. The van der Waals surface area contributed by atoms with Gasteiger partial charge < -0.3 is 4.74 Å². The number of esters is 1. The van der Waals surface area contributed by atoms with E-state index in [1.165, 1.54) is 24.0 Å². The molecule has 1 aromatic carbocycles. The molecule has 4 nitrogen and oxygen atoms in total. The Kier molecular flexibility index (Phi) is 2.88. The number of benzene rings is 1. The van der Waals surface area contributed by atoms with E-state index in [4.69, 9.17) is 9.73 Å². The summed E-state index contributed by atoms with van der Waals surface area (Å²) in [4.78, 5) is 20.5. The van der Waals surface area contributed by atoms with E-state index in [1.54, 1.807) is 0 Å². The molecule has 1 unspecified atom stereocenters. The van der Waals surface area contributed by atoms with Crippen molar-refractivity contribution in [2.75, 3.05) is 20.2 Å². The SMILES string of the molecule is C/C=C1/CN2CCC34C(=Nc5ccccc53)[C@@H]2C[C@H]1[C@@H]4C(=O)OC. The van der Waals surface area contributed by atoms with Crippen molar-refractivity contribution in [2.45, 2.75) is 31.2 Å². The third-order valence-electron chi connectivity index (χ3n) is 6.73. The van der Waals surface area contributed by atoms with Gasteiger partial charge >= 0.3 is 5.97 Å². The molecule has 24 heavy (non-hydrogen) atoms. The number of hydrogen-bond donors (Lipinski definition) is 0. The summed E-state index contributed by atoms with van der Waals surface area (Å²) < 4.78 is 5.31. The first-order valence-electron chi connectivity index (χ1n) is 8.86. The minimum absolute atomic E-state index is 0.0717. The molecule has 0 radical (unpaired) electrons. The lowest BCUT2D eigenvalue weighted by atomic mass is 9.51. The third kappa shape index (κ3) is 1.53. The molecule has 1 aliphatic carbocycles. The van der Waals surface area contributed by atoms with Crippen LogP contribution in [0.15, 0.2) is 40.9 Å². The van der Waals surface area contributed by atoms with Crippen LogP contribution >= 0.6 is 0 Å². The molecule has 0 N–H and O–H groups in total. The summed E-state index contributed by atoms with van der Waals surface area (Å²) in [6, 6.07) is 8.76. The largest absolute Gasteiger partial charge is 0.469 e. The van der Waals surface area contributed by atoms with Crippen LogP contribution in [0.5, 0.6) is 0 Å². The maximum Gasteiger partial charge on any atom is 0.310 e. The summed E-state index contributed by atoms with van der Waals surface area (Å²) in [6.45, 7) is 4.09. The molecule has 1 saturated carbocycles. The van der Waals surface area contributed by atoms with Crippen LogP contribution < -0.4 is 0 Å². The number of rotatable bonds is 1. The Morgan fingerprint density at radius 2 is 2.25 bits per heavy atom. The molecule has 3 aliphatic heterocycles. The van der Waals surface area contributed by atoms with Gasteiger partial charge in [0.1, 0.15) is 0 Å². The lowest BCUT2D eigenvalue weighted by Crippen LogP contribution is -2.68. The van der Waals surface area contributed by atoms with Gasteiger partial charge in [-0.3, -0.25) is 14.7 Å². The van der Waals surface area contributed by atoms with Gasteiger partial charge in [0.2, 0.25) is 0 Å². The van der Waals surface area contributed by atoms with Crippen molar-refractivity contribution < 1.29 is 9.53 Å². The Labute approximate surface area is 142 Å². The molecule has 2 saturated heterocycles. The van der Waals surface area contributed by atoms with Crippen molar-refractivity contribution in [1.82, 2.24) is 4.90 Å². The number of carbonyl (C=O) groups is 1. The smallest absolute Gasteiger partial charge is 0.310 e. The van der Waals surface area contributed by atoms with Crippen LogP contribution in [0.3, 0.4) is 0 Å². The first-order valence-corrected chi connectivity index (χ1v) is 8.86. The van der Waals surface area contributed by atoms with Crippen molar-refractivity contribution in [1.29, 1.82) is 0 Å². The molecule has 3 fully saturated rings. The zero-order valence-electron chi connectivity index (χ0n) is 14.2. The van der Waals surface area contributed by atoms with Gasteiger partial charge in [0.15, 0.2) is 0 Å². The Hall–Kier alpha value is -1.94. The summed E-state index contributed by atoms with van der Waals surface area (Å²) in [5, 5.41) is 0. The Bertz CT molecular complexity index is 797. The number of methoxy groups -OCH3 is 1. The van der Waals surface area contributed by atoms with Gasteiger partial charge in [-0.1, -0.05) is 29.8 Å². The molecule has 4 atom stereocenters. The van der Waals surface area contributed by atoms with Crippen LogP contribution in [-0.2, 0) is 14.9 Å². The Morgan fingerprint density at radius 1 is 1.42 bits per heavy atom. The average molecular weight is 322 g/mol. The van der Waals surface area contributed by atoms with Crippen LogP contribution in [0.25, 0.3) is 0 Å². The highest BCUT2D eigenvalue weighted by Crippen LogP contribution is 2.60. The summed E-state index contributed by atoms with van der Waals surface area (Å²) in [6.07, 6.45) is 4.17. The van der Waals surface area contributed by atoms with Crippen LogP contribution in [0.4, 0.5) is 5.69 Å². The van der Waals surface area contributed by atoms with E-state index < -0.39 is 0 Å². The highest BCUT2D eigenvalue weighted by atomic mass is 16.5. The van der Waals surface area contributed by atoms with Gasteiger partial charge in [-0.15, -0.1) is 0 Å². The fourth-order valence-corrected chi connectivity index (χ4v) is 5.77. The molecule has 4 aliphatic rings. The number of ether oxygens (including phenoxy) is 1. The molecule has 0 spiro atoms. The third-order valence-corrected chi connectivity index (χ3v) is 6.73. The average Bonchev–Trinajstić information content (AvgIpc) is 2.96. The number of fused-ring (bicyclic) bond motifs is 2. The Morgan fingerprint density at radius 3 is 3.04 bits per heavy atom. The predicted molar refractivity (Wildman–Crippen MR) is 92.6 cm³/mol. The van der Waals surface area contributed by atoms with Crippen molar-refractivity contribution in [3.05, 3.63) is 41.5 Å². The number of para-hydroxylation sites is 1. The maximum atomic E-state index is 12.9. The molecule has 124 valence electrons. The lowest BCUT2D eigenvalue weighted by Gasteiger charge is -2.59. The zero-order chi connectivity index (χ0) is 16.5. The summed E-state index contributed by atoms with van der Waals surface area (Å²) in [5.41, 5.74) is 4.64. The second kappa shape index (κ2) is 4.79. The molecule has 5 rings (SSSR count). The highest BCUT2D eigenvalue weighted by Gasteiger charge is 2.65. The minimum Gasteiger partial charge on any atom is -0.469 e. The normalized spacial score (nSPS) is 37.8. The van der Waals surface area contributed by atoms with E-state index in [1.807, 2.05) is 6.07 Å². The minimum atomic E-state index is -0.261. The monoisotopic (exact) mass is 322 g/mol. The first kappa shape index (κ1) is 14.4. The van der Waals surface area contributed by atoms with E-state index in [9.17, 15) is 4.79 Å². The van der Waals surface area contributed by atoms with E-state index in [0.717, 1.165) is 31.6 Å². The number of carbonyl (C=O) groups excluding carboxylic acids is 1. The van der Waals surface area contributed by atoms with Gasteiger partial charge in [0.05, 0.1) is 24.1 Å². The lowest BCUT2D eigenvalue weighted by molar-refractivity contribution is -0.151. The van der Waals surface area contributed by atoms with E-state index >= 15 is 0 Å².